The van der Waals surface area contributed by atoms with E-state index in [0.29, 0.717) is 16.7 Å². The Morgan fingerprint density at radius 3 is 2.65 bits per heavy atom. The van der Waals surface area contributed by atoms with Crippen LogP contribution in [0.15, 0.2) is 64.1 Å². The molecule has 0 N–H and O–H groups in total. The second kappa shape index (κ2) is 8.95. The first-order valence-corrected chi connectivity index (χ1v) is 10.2. The van der Waals surface area contributed by atoms with E-state index in [-0.39, 0.29) is 24.5 Å². The van der Waals surface area contributed by atoms with Crippen molar-refractivity contribution in [1.82, 2.24) is 9.55 Å². The predicted octanol–water partition coefficient (Wildman–Crippen LogP) is 3.91. The van der Waals surface area contributed by atoms with Crippen molar-refractivity contribution in [1.29, 1.82) is 0 Å². The van der Waals surface area contributed by atoms with Gasteiger partial charge in [-0.15, -0.1) is 0 Å². The number of ether oxygens (including phenoxy) is 1. The number of hydrogen-bond donors (Lipinski definition) is 0. The summed E-state index contributed by atoms with van der Waals surface area (Å²) in [6, 6.07) is 14.5. The molecule has 0 radical (unpaired) electrons. The summed E-state index contributed by atoms with van der Waals surface area (Å²) in [4.78, 5) is 41.4. The van der Waals surface area contributed by atoms with E-state index < -0.39 is 11.5 Å². The number of para-hydroxylation sites is 1. The van der Waals surface area contributed by atoms with E-state index in [1.807, 2.05) is 24.3 Å². The van der Waals surface area contributed by atoms with Crippen LogP contribution < -0.4 is 5.56 Å². The molecule has 0 fully saturated rings. The van der Waals surface area contributed by atoms with Crippen molar-refractivity contribution in [2.75, 3.05) is 6.61 Å². The number of furan rings is 1. The van der Waals surface area contributed by atoms with Gasteiger partial charge in [-0.3, -0.25) is 19.0 Å². The van der Waals surface area contributed by atoms with E-state index in [1.165, 1.54) is 11.9 Å². The molecular weight excluding hydrogens is 396 g/mol. The molecule has 2 heterocycles. The van der Waals surface area contributed by atoms with Gasteiger partial charge in [0.05, 0.1) is 6.33 Å². The number of carbonyl (C=O) groups is 2. The van der Waals surface area contributed by atoms with Crippen molar-refractivity contribution < 1.29 is 18.7 Å². The van der Waals surface area contributed by atoms with Gasteiger partial charge in [-0.25, -0.2) is 4.98 Å². The molecule has 31 heavy (non-hydrogen) atoms. The average molecular weight is 418 g/mol. The number of fused-ring (bicyclic) bond motifs is 3. The Morgan fingerprint density at radius 1 is 1.10 bits per heavy atom. The number of esters is 1. The monoisotopic (exact) mass is 418 g/mol. The largest absolute Gasteiger partial charge is 0.456 e. The number of hydrogen-bond acceptors (Lipinski definition) is 6. The molecule has 0 aliphatic rings. The zero-order chi connectivity index (χ0) is 21.8. The Hall–Kier alpha value is -3.74. The quantitative estimate of drug-likeness (QED) is 0.318. The number of nitrogens with zero attached hydrogens (tertiary/aromatic N) is 2. The van der Waals surface area contributed by atoms with Gasteiger partial charge in [0.25, 0.3) is 5.56 Å². The molecule has 0 atom stereocenters. The Balaban J connectivity index is 1.40. The van der Waals surface area contributed by atoms with Crippen LogP contribution in [0.3, 0.4) is 0 Å². The Morgan fingerprint density at radius 2 is 1.87 bits per heavy atom. The molecule has 0 aliphatic heterocycles. The third-order valence-corrected chi connectivity index (χ3v) is 5.11. The maximum atomic E-state index is 12.7. The Bertz CT molecular complexity index is 1300. The average Bonchev–Trinajstić information content (AvgIpc) is 3.18. The molecule has 4 rings (SSSR count). The minimum atomic E-state index is -0.702. The minimum Gasteiger partial charge on any atom is -0.456 e. The van der Waals surface area contributed by atoms with E-state index in [4.69, 9.17) is 9.15 Å². The topological polar surface area (TPSA) is 91.4 Å². The van der Waals surface area contributed by atoms with Gasteiger partial charge in [-0.1, -0.05) is 49.7 Å². The maximum Gasteiger partial charge on any atom is 0.326 e. The van der Waals surface area contributed by atoms with Crippen LogP contribution in [0.4, 0.5) is 0 Å². The molecule has 158 valence electrons. The van der Waals surface area contributed by atoms with Crippen LogP contribution in [-0.2, 0) is 22.5 Å². The zero-order valence-electron chi connectivity index (χ0n) is 17.2. The van der Waals surface area contributed by atoms with E-state index in [9.17, 15) is 14.4 Å². The first-order chi connectivity index (χ1) is 15.1. The smallest absolute Gasteiger partial charge is 0.326 e. The molecule has 0 amide bonds. The van der Waals surface area contributed by atoms with Crippen LogP contribution in [0.5, 0.6) is 0 Å². The van der Waals surface area contributed by atoms with Crippen molar-refractivity contribution in [2.45, 2.75) is 32.7 Å². The molecule has 2 aromatic heterocycles. The predicted molar refractivity (Wildman–Crippen MR) is 116 cm³/mol. The van der Waals surface area contributed by atoms with Gasteiger partial charge in [-0.05, 0) is 30.5 Å². The first-order valence-electron chi connectivity index (χ1n) is 10.2. The molecular formula is C24H22N2O5. The summed E-state index contributed by atoms with van der Waals surface area (Å²) < 4.78 is 11.8. The maximum absolute atomic E-state index is 12.7. The van der Waals surface area contributed by atoms with Gasteiger partial charge in [0.15, 0.2) is 12.4 Å². The van der Waals surface area contributed by atoms with Crippen LogP contribution in [0.25, 0.3) is 22.1 Å². The van der Waals surface area contributed by atoms with Crippen LogP contribution in [0.1, 0.15) is 35.7 Å². The fourth-order valence-electron chi connectivity index (χ4n) is 3.38. The van der Waals surface area contributed by atoms with Crippen LogP contribution in [0, 0.1) is 0 Å². The summed E-state index contributed by atoms with van der Waals surface area (Å²) in [5, 5.41) is 0.732. The van der Waals surface area contributed by atoms with Crippen molar-refractivity contribution in [3.05, 3.63) is 76.3 Å². The van der Waals surface area contributed by atoms with Crippen molar-refractivity contribution >= 4 is 33.8 Å². The molecule has 7 heteroatoms. The van der Waals surface area contributed by atoms with Gasteiger partial charge in [0.2, 0.25) is 5.58 Å². The molecule has 0 bridgehead atoms. The van der Waals surface area contributed by atoms with Crippen LogP contribution in [0.2, 0.25) is 0 Å². The summed E-state index contributed by atoms with van der Waals surface area (Å²) in [5.74, 6) is -0.999. The molecule has 0 aliphatic carbocycles. The fraction of sp³-hybridized carbons (Fsp3) is 0.250. The number of aryl methyl sites for hydroxylation is 1. The molecule has 0 unspecified atom stereocenters. The van der Waals surface area contributed by atoms with E-state index in [1.54, 1.807) is 24.3 Å². The molecule has 0 saturated carbocycles. The second-order valence-electron chi connectivity index (χ2n) is 7.34. The fourth-order valence-corrected chi connectivity index (χ4v) is 3.38. The first kappa shape index (κ1) is 20.5. The number of aromatic nitrogens is 2. The van der Waals surface area contributed by atoms with E-state index in [0.717, 1.165) is 29.2 Å². The van der Waals surface area contributed by atoms with Gasteiger partial charge >= 0.3 is 5.97 Å². The van der Waals surface area contributed by atoms with Gasteiger partial charge in [0.1, 0.15) is 17.6 Å². The lowest BCUT2D eigenvalue weighted by Crippen LogP contribution is -2.26. The lowest BCUT2D eigenvalue weighted by molar-refractivity contribution is -0.143. The molecule has 2 aromatic carbocycles. The number of Topliss-reactive ketones (excluding diaryl/α,β-unsaturated/α-hetero) is 1. The van der Waals surface area contributed by atoms with Crippen molar-refractivity contribution in [3.8, 4) is 0 Å². The second-order valence-corrected chi connectivity index (χ2v) is 7.34. The normalized spacial score (nSPS) is 11.1. The molecule has 7 nitrogen and oxygen atoms in total. The summed E-state index contributed by atoms with van der Waals surface area (Å²) in [5.41, 5.74) is 2.25. The lowest BCUT2D eigenvalue weighted by Gasteiger charge is -2.07. The number of carbonyl (C=O) groups excluding carboxylic acids is 2. The number of unbranched alkanes of at least 4 members (excludes halogenated alkanes) is 1. The summed E-state index contributed by atoms with van der Waals surface area (Å²) in [7, 11) is 0. The van der Waals surface area contributed by atoms with Gasteiger partial charge < -0.3 is 9.15 Å². The zero-order valence-corrected chi connectivity index (χ0v) is 17.2. The third kappa shape index (κ3) is 4.40. The highest BCUT2D eigenvalue weighted by Crippen LogP contribution is 2.24. The molecule has 0 saturated heterocycles. The Kier molecular flexibility index (Phi) is 5.93. The lowest BCUT2D eigenvalue weighted by atomic mass is 10.0. The highest BCUT2D eigenvalue weighted by Gasteiger charge is 2.16. The SMILES string of the molecule is CCCCc1ccc(C(=O)COC(=O)Cn2cnc3c(oc4ccccc43)c2=O)cc1. The number of ketones is 1. The number of benzene rings is 2. The van der Waals surface area contributed by atoms with E-state index in [2.05, 4.69) is 11.9 Å². The highest BCUT2D eigenvalue weighted by atomic mass is 16.5. The third-order valence-electron chi connectivity index (χ3n) is 5.11. The van der Waals surface area contributed by atoms with Gasteiger partial charge in [0, 0.05) is 10.9 Å². The van der Waals surface area contributed by atoms with Crippen LogP contribution in [-0.4, -0.2) is 27.9 Å². The van der Waals surface area contributed by atoms with E-state index >= 15 is 0 Å². The summed E-state index contributed by atoms with van der Waals surface area (Å²) >= 11 is 0. The van der Waals surface area contributed by atoms with Gasteiger partial charge in [-0.2, -0.15) is 0 Å². The molecule has 4 aromatic rings. The summed E-state index contributed by atoms with van der Waals surface area (Å²) in [6.45, 7) is 1.38. The standard InChI is InChI=1S/C24H22N2O5/c1-2-3-6-16-9-11-17(12-10-16)19(27)14-30-21(28)13-26-15-25-22-18-7-4-5-8-20(18)31-23(22)24(26)29/h4-5,7-12,15H,2-3,6,13-14H2,1H3. The molecule has 0 spiro atoms. The number of rotatable bonds is 8. The Labute approximate surface area is 178 Å². The highest BCUT2D eigenvalue weighted by molar-refractivity contribution is 6.01. The summed E-state index contributed by atoms with van der Waals surface area (Å²) in [6.07, 6.45) is 4.46. The van der Waals surface area contributed by atoms with Crippen molar-refractivity contribution in [3.63, 3.8) is 0 Å². The van der Waals surface area contributed by atoms with Crippen LogP contribution >= 0.6 is 0 Å². The minimum absolute atomic E-state index is 0.0794. The van der Waals surface area contributed by atoms with Crippen molar-refractivity contribution in [2.24, 2.45) is 0 Å².